The molecule has 0 aromatic heterocycles. The smallest absolute Gasteiger partial charge is 0.295 e. The molecule has 2 aromatic rings. The first-order valence-corrected chi connectivity index (χ1v) is 14.6. The number of nitrogens with zero attached hydrogens (tertiary/aromatic N) is 1. The quantitative estimate of drug-likeness (QED) is 0.0980. The van der Waals surface area contributed by atoms with Crippen molar-refractivity contribution in [1.29, 1.82) is 0 Å². The first-order valence-electron chi connectivity index (χ1n) is 14.6. The summed E-state index contributed by atoms with van der Waals surface area (Å²) in [6, 6.07) is 13.9. The Morgan fingerprint density at radius 2 is 1.24 bits per heavy atom. The Hall–Kier alpha value is -2.95. The summed E-state index contributed by atoms with van der Waals surface area (Å²) in [5.41, 5.74) is 1.17. The average molecular weight is 522 g/mol. The number of hydrogen-bond acceptors (Lipinski definition) is 3. The highest BCUT2D eigenvalue weighted by molar-refractivity contribution is 6.46. The number of likely N-dealkylation sites (tertiary alicyclic amines) is 1. The van der Waals surface area contributed by atoms with Gasteiger partial charge in [-0.15, -0.1) is 0 Å². The molecular weight excluding hydrogens is 477 g/mol. The first kappa shape index (κ1) is 29.6. The predicted molar refractivity (Wildman–Crippen MR) is 152 cm³/mol. The number of unbranched alkanes of at least 4 members (excludes halogenated alkanes) is 13. The van der Waals surface area contributed by atoms with Gasteiger partial charge in [0.25, 0.3) is 11.7 Å². The maximum absolute atomic E-state index is 13.6. The van der Waals surface area contributed by atoms with Crippen LogP contribution >= 0.6 is 0 Å². The third-order valence-electron chi connectivity index (χ3n) is 7.53. The molecule has 1 atom stereocenters. The molecule has 0 spiro atoms. The molecule has 1 saturated heterocycles. The topological polar surface area (TPSA) is 57.6 Å². The summed E-state index contributed by atoms with van der Waals surface area (Å²) in [7, 11) is 0. The van der Waals surface area contributed by atoms with Gasteiger partial charge in [-0.05, 0) is 24.1 Å². The van der Waals surface area contributed by atoms with Crippen LogP contribution in [0.5, 0.6) is 0 Å². The number of carbonyl (C=O) groups excluding carboxylic acids is 2. The van der Waals surface area contributed by atoms with Crippen LogP contribution in [0.25, 0.3) is 5.76 Å². The van der Waals surface area contributed by atoms with E-state index >= 15 is 0 Å². The molecule has 1 aliphatic heterocycles. The average Bonchev–Trinajstić information content (AvgIpc) is 3.18. The first-order chi connectivity index (χ1) is 18.5. The summed E-state index contributed by atoms with van der Waals surface area (Å²) in [6.45, 7) is 2.68. The van der Waals surface area contributed by atoms with Crippen LogP contribution in [0.4, 0.5) is 4.39 Å². The number of Topliss-reactive ketones (excluding diaryl/α,β-unsaturated/α-hetero) is 1. The van der Waals surface area contributed by atoms with Crippen LogP contribution < -0.4 is 0 Å². The van der Waals surface area contributed by atoms with Crippen molar-refractivity contribution in [1.82, 2.24) is 4.90 Å². The number of aliphatic hydroxyl groups is 1. The Balaban J connectivity index is 1.50. The van der Waals surface area contributed by atoms with E-state index in [1.807, 2.05) is 6.07 Å². The van der Waals surface area contributed by atoms with Crippen molar-refractivity contribution in [2.75, 3.05) is 6.54 Å². The number of hydrogen-bond donors (Lipinski definition) is 1. The largest absolute Gasteiger partial charge is 0.507 e. The molecule has 1 amide bonds. The molecule has 0 saturated carbocycles. The summed E-state index contributed by atoms with van der Waals surface area (Å²) in [4.78, 5) is 27.6. The standard InChI is InChI=1S/C33H44FNO3/c1-2-3-4-5-6-7-8-9-10-11-12-13-14-18-25-35-30(26-21-23-28(34)24-22-26)29(32(37)33(35)38)31(36)27-19-16-15-17-20-27/h15-17,19-24,30,36H,2-14,18,25H2,1H3/b31-29+/t30-/m0/s1. The van der Waals surface area contributed by atoms with E-state index in [9.17, 15) is 19.1 Å². The second kappa shape index (κ2) is 16.1. The van der Waals surface area contributed by atoms with Crippen molar-refractivity contribution in [3.63, 3.8) is 0 Å². The van der Waals surface area contributed by atoms with E-state index in [0.29, 0.717) is 17.7 Å². The molecule has 1 fully saturated rings. The highest BCUT2D eigenvalue weighted by Gasteiger charge is 2.45. The van der Waals surface area contributed by atoms with Crippen LogP contribution in [0.2, 0.25) is 0 Å². The number of rotatable bonds is 17. The van der Waals surface area contributed by atoms with Crippen molar-refractivity contribution in [3.8, 4) is 0 Å². The Bertz CT molecular complexity index is 1030. The maximum atomic E-state index is 13.6. The monoisotopic (exact) mass is 521 g/mol. The van der Waals surface area contributed by atoms with Gasteiger partial charge in [0.15, 0.2) is 0 Å². The highest BCUT2D eigenvalue weighted by atomic mass is 19.1. The summed E-state index contributed by atoms with van der Waals surface area (Å²) in [5, 5.41) is 11.0. The van der Waals surface area contributed by atoms with Crippen LogP contribution in [-0.4, -0.2) is 28.2 Å². The van der Waals surface area contributed by atoms with E-state index in [-0.39, 0.29) is 17.1 Å². The number of carbonyl (C=O) groups is 2. The van der Waals surface area contributed by atoms with Gasteiger partial charge in [-0.1, -0.05) is 133 Å². The summed E-state index contributed by atoms with van der Waals surface area (Å²) >= 11 is 0. The van der Waals surface area contributed by atoms with Gasteiger partial charge in [0.2, 0.25) is 0 Å². The zero-order valence-corrected chi connectivity index (χ0v) is 23.0. The third kappa shape index (κ3) is 8.54. The Morgan fingerprint density at radius 1 is 0.737 bits per heavy atom. The van der Waals surface area contributed by atoms with Gasteiger partial charge in [0.05, 0.1) is 11.6 Å². The zero-order valence-electron chi connectivity index (χ0n) is 23.0. The second-order valence-electron chi connectivity index (χ2n) is 10.5. The van der Waals surface area contributed by atoms with Crippen LogP contribution in [0.3, 0.4) is 0 Å². The lowest BCUT2D eigenvalue weighted by Crippen LogP contribution is -2.30. The lowest BCUT2D eigenvalue weighted by atomic mass is 9.95. The predicted octanol–water partition coefficient (Wildman–Crippen LogP) is 8.73. The maximum Gasteiger partial charge on any atom is 0.295 e. The van der Waals surface area contributed by atoms with Crippen LogP contribution in [0.15, 0.2) is 60.2 Å². The van der Waals surface area contributed by atoms with Crippen LogP contribution in [0.1, 0.15) is 114 Å². The lowest BCUT2D eigenvalue weighted by molar-refractivity contribution is -0.139. The lowest BCUT2D eigenvalue weighted by Gasteiger charge is -2.25. The SMILES string of the molecule is CCCCCCCCCCCCCCCCN1C(=O)C(=O)/C(=C(/O)c2ccccc2)[C@@H]1c1ccc(F)cc1. The van der Waals surface area contributed by atoms with Crippen molar-refractivity contribution >= 4 is 17.4 Å². The van der Waals surface area contributed by atoms with E-state index in [4.69, 9.17) is 0 Å². The highest BCUT2D eigenvalue weighted by Crippen LogP contribution is 2.39. The minimum Gasteiger partial charge on any atom is -0.507 e. The van der Waals surface area contributed by atoms with Gasteiger partial charge in [-0.2, -0.15) is 0 Å². The second-order valence-corrected chi connectivity index (χ2v) is 10.5. The molecule has 2 aromatic carbocycles. The van der Waals surface area contributed by atoms with Gasteiger partial charge < -0.3 is 10.0 Å². The van der Waals surface area contributed by atoms with E-state index in [1.165, 1.54) is 82.8 Å². The fourth-order valence-electron chi connectivity index (χ4n) is 5.33. The molecule has 0 aliphatic carbocycles. The molecule has 0 bridgehead atoms. The minimum atomic E-state index is -0.724. The molecule has 5 heteroatoms. The van der Waals surface area contributed by atoms with Crippen molar-refractivity contribution < 1.29 is 19.1 Å². The molecule has 1 N–H and O–H groups in total. The number of aliphatic hydroxyl groups excluding tert-OH is 1. The third-order valence-corrected chi connectivity index (χ3v) is 7.53. The fourth-order valence-corrected chi connectivity index (χ4v) is 5.33. The Kier molecular flexibility index (Phi) is 12.5. The van der Waals surface area contributed by atoms with Crippen LogP contribution in [-0.2, 0) is 9.59 Å². The number of halogens is 1. The Morgan fingerprint density at radius 3 is 1.76 bits per heavy atom. The molecule has 4 nitrogen and oxygen atoms in total. The number of ketones is 1. The minimum absolute atomic E-state index is 0.0678. The van der Waals surface area contributed by atoms with Gasteiger partial charge in [0, 0.05) is 12.1 Å². The van der Waals surface area contributed by atoms with Crippen molar-refractivity contribution in [2.45, 2.75) is 103 Å². The van der Waals surface area contributed by atoms with E-state index < -0.39 is 17.7 Å². The van der Waals surface area contributed by atoms with Crippen molar-refractivity contribution in [2.24, 2.45) is 0 Å². The van der Waals surface area contributed by atoms with E-state index in [1.54, 1.807) is 41.3 Å². The van der Waals surface area contributed by atoms with Gasteiger partial charge >= 0.3 is 0 Å². The molecule has 3 rings (SSSR count). The normalized spacial score (nSPS) is 16.9. The van der Waals surface area contributed by atoms with E-state index in [2.05, 4.69) is 6.92 Å². The molecule has 0 unspecified atom stereocenters. The van der Waals surface area contributed by atoms with Crippen LogP contribution in [0, 0.1) is 5.82 Å². The summed E-state index contributed by atoms with van der Waals surface area (Å²) < 4.78 is 13.6. The van der Waals surface area contributed by atoms with Gasteiger partial charge in [-0.25, -0.2) is 4.39 Å². The van der Waals surface area contributed by atoms with Crippen molar-refractivity contribution in [3.05, 3.63) is 77.1 Å². The van der Waals surface area contributed by atoms with E-state index in [0.717, 1.165) is 19.3 Å². The fraction of sp³-hybridized carbons (Fsp3) is 0.515. The molecule has 1 aliphatic rings. The van der Waals surface area contributed by atoms with Gasteiger partial charge in [0.1, 0.15) is 11.6 Å². The molecule has 1 heterocycles. The summed E-state index contributed by atoms with van der Waals surface area (Å²) in [6.07, 6.45) is 17.4. The molecule has 38 heavy (non-hydrogen) atoms. The summed E-state index contributed by atoms with van der Waals surface area (Å²) in [5.74, 6) is -1.87. The number of amides is 1. The number of benzene rings is 2. The molecular formula is C33H44FNO3. The molecule has 206 valence electrons. The molecule has 0 radical (unpaired) electrons. The zero-order chi connectivity index (χ0) is 27.2. The van der Waals surface area contributed by atoms with Gasteiger partial charge in [-0.3, -0.25) is 9.59 Å². The Labute approximate surface area is 227 Å².